The van der Waals surface area contributed by atoms with Crippen LogP contribution in [0, 0.1) is 0 Å². The summed E-state index contributed by atoms with van der Waals surface area (Å²) >= 11 is 0. The van der Waals surface area contributed by atoms with E-state index in [0.717, 1.165) is 12.8 Å². The molecule has 1 atom stereocenters. The SMILES string of the molecule is CCC(Cc1ccccc1)NCC(=O)NC(C)(C)C. The molecule has 1 unspecified atom stereocenters. The minimum absolute atomic E-state index is 0.0546. The molecule has 0 aliphatic carbocycles. The van der Waals surface area contributed by atoms with E-state index in [1.807, 2.05) is 39.0 Å². The first kappa shape index (κ1) is 15.7. The van der Waals surface area contributed by atoms with Crippen LogP contribution in [0.15, 0.2) is 30.3 Å². The van der Waals surface area contributed by atoms with Gasteiger partial charge in [0.05, 0.1) is 6.54 Å². The third-order valence-electron chi connectivity index (χ3n) is 2.88. The van der Waals surface area contributed by atoms with Crippen molar-refractivity contribution >= 4 is 5.91 Å². The highest BCUT2D eigenvalue weighted by molar-refractivity contribution is 5.78. The van der Waals surface area contributed by atoms with Crippen LogP contribution in [0.25, 0.3) is 0 Å². The van der Waals surface area contributed by atoms with Crippen molar-refractivity contribution < 1.29 is 4.79 Å². The van der Waals surface area contributed by atoms with E-state index in [1.54, 1.807) is 0 Å². The minimum atomic E-state index is -0.167. The topological polar surface area (TPSA) is 41.1 Å². The molecule has 3 nitrogen and oxygen atoms in total. The van der Waals surface area contributed by atoms with E-state index in [9.17, 15) is 4.79 Å². The van der Waals surface area contributed by atoms with Crippen LogP contribution in [0.4, 0.5) is 0 Å². The Morgan fingerprint density at radius 1 is 1.21 bits per heavy atom. The Labute approximate surface area is 116 Å². The van der Waals surface area contributed by atoms with Gasteiger partial charge in [0.1, 0.15) is 0 Å². The molecule has 0 radical (unpaired) electrons. The molecule has 0 bridgehead atoms. The van der Waals surface area contributed by atoms with Gasteiger partial charge in [0, 0.05) is 11.6 Å². The quantitative estimate of drug-likeness (QED) is 0.827. The number of carbonyl (C=O) groups excluding carboxylic acids is 1. The summed E-state index contributed by atoms with van der Waals surface area (Å²) in [5.74, 6) is 0.0546. The third-order valence-corrected chi connectivity index (χ3v) is 2.88. The van der Waals surface area contributed by atoms with Crippen molar-refractivity contribution in [3.63, 3.8) is 0 Å². The lowest BCUT2D eigenvalue weighted by molar-refractivity contribution is -0.121. The molecule has 0 aromatic heterocycles. The van der Waals surface area contributed by atoms with Crippen molar-refractivity contribution in [1.82, 2.24) is 10.6 Å². The van der Waals surface area contributed by atoms with Crippen LogP contribution in [0.5, 0.6) is 0 Å². The van der Waals surface area contributed by atoms with Gasteiger partial charge in [-0.3, -0.25) is 4.79 Å². The minimum Gasteiger partial charge on any atom is -0.350 e. The van der Waals surface area contributed by atoms with Crippen LogP contribution in [0.1, 0.15) is 39.7 Å². The van der Waals surface area contributed by atoms with Gasteiger partial charge in [-0.05, 0) is 39.2 Å². The van der Waals surface area contributed by atoms with Crippen molar-refractivity contribution in [1.29, 1.82) is 0 Å². The summed E-state index contributed by atoms with van der Waals surface area (Å²) in [4.78, 5) is 11.8. The van der Waals surface area contributed by atoms with Gasteiger partial charge in [0.25, 0.3) is 0 Å². The summed E-state index contributed by atoms with van der Waals surface area (Å²) in [5, 5.41) is 6.29. The summed E-state index contributed by atoms with van der Waals surface area (Å²) in [6, 6.07) is 10.7. The smallest absolute Gasteiger partial charge is 0.234 e. The molecule has 0 saturated heterocycles. The predicted octanol–water partition coefficient (Wildman–Crippen LogP) is 2.51. The second kappa shape index (κ2) is 7.29. The monoisotopic (exact) mass is 262 g/mol. The summed E-state index contributed by atoms with van der Waals surface area (Å²) < 4.78 is 0. The van der Waals surface area contributed by atoms with E-state index in [4.69, 9.17) is 0 Å². The zero-order chi connectivity index (χ0) is 14.3. The number of rotatable bonds is 6. The zero-order valence-electron chi connectivity index (χ0n) is 12.5. The lowest BCUT2D eigenvalue weighted by atomic mass is 10.0. The Morgan fingerprint density at radius 2 is 1.84 bits per heavy atom. The fourth-order valence-electron chi connectivity index (χ4n) is 1.96. The molecule has 1 rings (SSSR count). The highest BCUT2D eigenvalue weighted by atomic mass is 16.2. The van der Waals surface area contributed by atoms with Crippen molar-refractivity contribution in [3.8, 4) is 0 Å². The Hall–Kier alpha value is -1.35. The lowest BCUT2D eigenvalue weighted by Crippen LogP contribution is -2.46. The van der Waals surface area contributed by atoms with Gasteiger partial charge in [-0.25, -0.2) is 0 Å². The summed E-state index contributed by atoms with van der Waals surface area (Å²) in [6.45, 7) is 8.50. The van der Waals surface area contributed by atoms with E-state index in [-0.39, 0.29) is 11.4 Å². The first-order chi connectivity index (χ1) is 8.90. The number of hydrogen-bond donors (Lipinski definition) is 2. The van der Waals surface area contributed by atoms with Gasteiger partial charge >= 0.3 is 0 Å². The molecule has 0 aliphatic heterocycles. The van der Waals surface area contributed by atoms with E-state index in [0.29, 0.717) is 12.6 Å². The van der Waals surface area contributed by atoms with Crippen molar-refractivity contribution in [2.24, 2.45) is 0 Å². The number of amides is 1. The number of hydrogen-bond acceptors (Lipinski definition) is 2. The molecule has 106 valence electrons. The Morgan fingerprint density at radius 3 is 2.37 bits per heavy atom. The summed E-state index contributed by atoms with van der Waals surface area (Å²) in [5.41, 5.74) is 1.14. The zero-order valence-corrected chi connectivity index (χ0v) is 12.5. The fraction of sp³-hybridized carbons (Fsp3) is 0.562. The molecule has 1 aromatic carbocycles. The highest BCUT2D eigenvalue weighted by Crippen LogP contribution is 2.05. The molecule has 19 heavy (non-hydrogen) atoms. The Kier molecular flexibility index (Phi) is 6.03. The van der Waals surface area contributed by atoms with Gasteiger partial charge in [-0.15, -0.1) is 0 Å². The molecular weight excluding hydrogens is 236 g/mol. The average Bonchev–Trinajstić information content (AvgIpc) is 2.33. The fourth-order valence-corrected chi connectivity index (χ4v) is 1.96. The van der Waals surface area contributed by atoms with E-state index >= 15 is 0 Å². The number of benzene rings is 1. The molecule has 0 saturated carbocycles. The van der Waals surface area contributed by atoms with E-state index in [2.05, 4.69) is 29.7 Å². The second-order valence-electron chi connectivity index (χ2n) is 5.97. The van der Waals surface area contributed by atoms with Gasteiger partial charge < -0.3 is 10.6 Å². The molecular formula is C16H26N2O. The first-order valence-corrected chi connectivity index (χ1v) is 6.99. The third kappa shape index (κ3) is 6.97. The van der Waals surface area contributed by atoms with Crippen molar-refractivity contribution in [2.75, 3.05) is 6.54 Å². The van der Waals surface area contributed by atoms with Crippen LogP contribution in [0.2, 0.25) is 0 Å². The van der Waals surface area contributed by atoms with Crippen LogP contribution in [0.3, 0.4) is 0 Å². The van der Waals surface area contributed by atoms with Gasteiger partial charge in [0.15, 0.2) is 0 Å². The maximum Gasteiger partial charge on any atom is 0.234 e. The number of nitrogens with one attached hydrogen (secondary N) is 2. The maximum absolute atomic E-state index is 11.8. The summed E-state index contributed by atoms with van der Waals surface area (Å²) in [6.07, 6.45) is 1.97. The van der Waals surface area contributed by atoms with Gasteiger partial charge in [-0.1, -0.05) is 37.3 Å². The molecule has 2 N–H and O–H groups in total. The molecule has 1 aromatic rings. The molecule has 1 amide bonds. The highest BCUT2D eigenvalue weighted by Gasteiger charge is 2.14. The Bertz CT molecular complexity index is 381. The average molecular weight is 262 g/mol. The molecule has 3 heteroatoms. The van der Waals surface area contributed by atoms with Gasteiger partial charge in [0.2, 0.25) is 5.91 Å². The maximum atomic E-state index is 11.8. The van der Waals surface area contributed by atoms with Crippen LogP contribution < -0.4 is 10.6 Å². The summed E-state index contributed by atoms with van der Waals surface area (Å²) in [7, 11) is 0. The normalized spacial score (nSPS) is 13.1. The molecule has 0 heterocycles. The van der Waals surface area contributed by atoms with E-state index < -0.39 is 0 Å². The second-order valence-corrected chi connectivity index (χ2v) is 5.97. The van der Waals surface area contributed by atoms with Crippen LogP contribution >= 0.6 is 0 Å². The van der Waals surface area contributed by atoms with Gasteiger partial charge in [-0.2, -0.15) is 0 Å². The molecule has 0 spiro atoms. The number of carbonyl (C=O) groups is 1. The van der Waals surface area contributed by atoms with Crippen LogP contribution in [-0.4, -0.2) is 24.0 Å². The Balaban J connectivity index is 2.39. The van der Waals surface area contributed by atoms with Crippen LogP contribution in [-0.2, 0) is 11.2 Å². The largest absolute Gasteiger partial charge is 0.350 e. The predicted molar refractivity (Wildman–Crippen MR) is 80.1 cm³/mol. The van der Waals surface area contributed by atoms with E-state index in [1.165, 1.54) is 5.56 Å². The van der Waals surface area contributed by atoms with Crippen molar-refractivity contribution in [3.05, 3.63) is 35.9 Å². The molecule has 0 aliphatic rings. The van der Waals surface area contributed by atoms with Crippen molar-refractivity contribution in [2.45, 2.75) is 52.1 Å². The molecule has 0 fully saturated rings. The lowest BCUT2D eigenvalue weighted by Gasteiger charge is -2.22. The standard InChI is InChI=1S/C16H26N2O/c1-5-14(11-13-9-7-6-8-10-13)17-12-15(19)18-16(2,3)4/h6-10,14,17H,5,11-12H2,1-4H3,(H,18,19). The first-order valence-electron chi connectivity index (χ1n) is 6.99.